The summed E-state index contributed by atoms with van der Waals surface area (Å²) < 4.78 is 35.2. The number of hydrogen-bond acceptors (Lipinski definition) is 7. The van der Waals surface area contributed by atoms with Crippen molar-refractivity contribution in [2.75, 3.05) is 32.3 Å². The Labute approximate surface area is 155 Å². The normalized spacial score (nSPS) is 14.6. The molecule has 1 amide bonds. The standard InChI is InChI=1S/C16H19N3O5S2/c1-23-10-4-5-11(13(8-10)24-2)15(20)18-16-17-12-6-7-19(26(3,21)22)9-14(12)25-16/h4-5,8H,6-7,9H2,1-3H3,(H,17,18,20). The predicted octanol–water partition coefficient (Wildman–Crippen LogP) is 1.73. The van der Waals surface area contributed by atoms with Gasteiger partial charge in [0.25, 0.3) is 5.91 Å². The number of rotatable bonds is 5. The highest BCUT2D eigenvalue weighted by Gasteiger charge is 2.26. The molecule has 26 heavy (non-hydrogen) atoms. The van der Waals surface area contributed by atoms with Crippen molar-refractivity contribution in [1.29, 1.82) is 0 Å². The van der Waals surface area contributed by atoms with Crippen molar-refractivity contribution in [2.24, 2.45) is 0 Å². The Morgan fingerprint density at radius 2 is 2.08 bits per heavy atom. The van der Waals surface area contributed by atoms with Gasteiger partial charge in [-0.25, -0.2) is 13.4 Å². The smallest absolute Gasteiger partial charge is 0.261 e. The van der Waals surface area contributed by atoms with Gasteiger partial charge in [-0.3, -0.25) is 10.1 Å². The average molecular weight is 397 g/mol. The minimum Gasteiger partial charge on any atom is -0.497 e. The van der Waals surface area contributed by atoms with E-state index in [-0.39, 0.29) is 12.5 Å². The maximum Gasteiger partial charge on any atom is 0.261 e. The maximum atomic E-state index is 12.6. The van der Waals surface area contributed by atoms with Gasteiger partial charge >= 0.3 is 0 Å². The molecule has 1 N–H and O–H groups in total. The summed E-state index contributed by atoms with van der Waals surface area (Å²) >= 11 is 1.28. The quantitative estimate of drug-likeness (QED) is 0.825. The highest BCUT2D eigenvalue weighted by Crippen LogP contribution is 2.30. The van der Waals surface area contributed by atoms with Crippen LogP contribution >= 0.6 is 11.3 Å². The molecule has 0 bridgehead atoms. The monoisotopic (exact) mass is 397 g/mol. The maximum absolute atomic E-state index is 12.6. The summed E-state index contributed by atoms with van der Waals surface area (Å²) in [4.78, 5) is 17.8. The third-order valence-corrected chi connectivity index (χ3v) is 6.29. The Balaban J connectivity index is 1.79. The number of anilines is 1. The van der Waals surface area contributed by atoms with Crippen molar-refractivity contribution in [3.05, 3.63) is 34.3 Å². The molecule has 1 aromatic heterocycles. The molecule has 0 radical (unpaired) electrons. The lowest BCUT2D eigenvalue weighted by atomic mass is 10.2. The summed E-state index contributed by atoms with van der Waals surface area (Å²) in [7, 11) is -0.229. The van der Waals surface area contributed by atoms with Crippen LogP contribution in [-0.2, 0) is 23.0 Å². The van der Waals surface area contributed by atoms with E-state index in [1.54, 1.807) is 18.2 Å². The van der Waals surface area contributed by atoms with E-state index in [0.717, 1.165) is 10.6 Å². The fourth-order valence-electron chi connectivity index (χ4n) is 2.66. The van der Waals surface area contributed by atoms with Gasteiger partial charge in [-0.05, 0) is 12.1 Å². The molecule has 1 aliphatic rings. The Kier molecular flexibility index (Phi) is 5.17. The first-order chi connectivity index (χ1) is 12.3. The molecule has 0 atom stereocenters. The number of benzene rings is 1. The predicted molar refractivity (Wildman–Crippen MR) is 98.6 cm³/mol. The Morgan fingerprint density at radius 1 is 1.31 bits per heavy atom. The second kappa shape index (κ2) is 7.22. The molecule has 10 heteroatoms. The molecule has 3 rings (SSSR count). The van der Waals surface area contributed by atoms with E-state index in [2.05, 4.69) is 10.3 Å². The molecule has 2 heterocycles. The van der Waals surface area contributed by atoms with Crippen molar-refractivity contribution in [3.8, 4) is 11.5 Å². The molecular formula is C16H19N3O5S2. The number of nitrogens with one attached hydrogen (secondary N) is 1. The molecule has 0 fully saturated rings. The zero-order chi connectivity index (χ0) is 18.9. The fraction of sp³-hybridized carbons (Fsp3) is 0.375. The number of nitrogens with zero attached hydrogens (tertiary/aromatic N) is 2. The van der Waals surface area contributed by atoms with Gasteiger partial charge < -0.3 is 9.47 Å². The molecule has 8 nitrogen and oxygen atoms in total. The van der Waals surface area contributed by atoms with Crippen LogP contribution in [-0.4, -0.2) is 50.6 Å². The van der Waals surface area contributed by atoms with Crippen LogP contribution in [0.25, 0.3) is 0 Å². The number of sulfonamides is 1. The largest absolute Gasteiger partial charge is 0.497 e. The fourth-order valence-corrected chi connectivity index (χ4v) is 4.55. The number of carbonyl (C=O) groups is 1. The van der Waals surface area contributed by atoms with E-state index >= 15 is 0 Å². The average Bonchev–Trinajstić information content (AvgIpc) is 3.01. The first-order valence-corrected chi connectivity index (χ1v) is 10.5. The molecule has 0 aliphatic carbocycles. The van der Waals surface area contributed by atoms with Crippen LogP contribution in [0.4, 0.5) is 5.13 Å². The van der Waals surface area contributed by atoms with Crippen molar-refractivity contribution < 1.29 is 22.7 Å². The van der Waals surface area contributed by atoms with Gasteiger partial charge in [0.15, 0.2) is 5.13 Å². The lowest BCUT2D eigenvalue weighted by Crippen LogP contribution is -2.34. The molecule has 1 aromatic carbocycles. The number of fused-ring (bicyclic) bond motifs is 1. The van der Waals surface area contributed by atoms with Crippen LogP contribution in [0.3, 0.4) is 0 Å². The van der Waals surface area contributed by atoms with Crippen molar-refractivity contribution in [1.82, 2.24) is 9.29 Å². The van der Waals surface area contributed by atoms with Crippen LogP contribution in [0.2, 0.25) is 0 Å². The van der Waals surface area contributed by atoms with Crippen LogP contribution in [0, 0.1) is 0 Å². The van der Waals surface area contributed by atoms with Gasteiger partial charge in [0.1, 0.15) is 11.5 Å². The zero-order valence-electron chi connectivity index (χ0n) is 14.6. The number of hydrogen-bond donors (Lipinski definition) is 1. The summed E-state index contributed by atoms with van der Waals surface area (Å²) in [5.41, 5.74) is 1.19. The number of carbonyl (C=O) groups excluding carboxylic acids is 1. The van der Waals surface area contributed by atoms with Crippen molar-refractivity contribution in [2.45, 2.75) is 13.0 Å². The lowest BCUT2D eigenvalue weighted by Gasteiger charge is -2.23. The van der Waals surface area contributed by atoms with Gasteiger partial charge in [0.05, 0.1) is 31.7 Å². The van der Waals surface area contributed by atoms with E-state index in [1.165, 1.54) is 36.1 Å². The number of methoxy groups -OCH3 is 2. The summed E-state index contributed by atoms with van der Waals surface area (Å²) in [6, 6.07) is 4.92. The highest BCUT2D eigenvalue weighted by atomic mass is 32.2. The number of amides is 1. The third kappa shape index (κ3) is 3.81. The minimum absolute atomic E-state index is 0.285. The summed E-state index contributed by atoms with van der Waals surface area (Å²) in [6.07, 6.45) is 1.72. The van der Waals surface area contributed by atoms with E-state index in [0.29, 0.717) is 35.2 Å². The summed E-state index contributed by atoms with van der Waals surface area (Å²) in [5.74, 6) is 0.631. The second-order valence-corrected chi connectivity index (χ2v) is 8.82. The van der Waals surface area contributed by atoms with Crippen LogP contribution < -0.4 is 14.8 Å². The van der Waals surface area contributed by atoms with Crippen LogP contribution in [0.5, 0.6) is 11.5 Å². The highest BCUT2D eigenvalue weighted by molar-refractivity contribution is 7.88. The van der Waals surface area contributed by atoms with Crippen molar-refractivity contribution >= 4 is 32.4 Å². The molecule has 140 valence electrons. The Hall–Kier alpha value is -2.17. The lowest BCUT2D eigenvalue weighted by molar-refractivity contribution is 0.102. The number of ether oxygens (including phenoxy) is 2. The molecule has 0 saturated carbocycles. The molecule has 0 spiro atoms. The minimum atomic E-state index is -3.24. The third-order valence-electron chi connectivity index (χ3n) is 4.04. The molecular weight excluding hydrogens is 378 g/mol. The van der Waals surface area contributed by atoms with Crippen molar-refractivity contribution in [3.63, 3.8) is 0 Å². The Morgan fingerprint density at radius 3 is 2.73 bits per heavy atom. The van der Waals surface area contributed by atoms with Gasteiger partial charge in [-0.2, -0.15) is 4.31 Å². The van der Waals surface area contributed by atoms with Gasteiger partial charge in [-0.1, -0.05) is 0 Å². The van der Waals surface area contributed by atoms with Gasteiger partial charge in [0.2, 0.25) is 10.0 Å². The van der Waals surface area contributed by atoms with E-state index in [1.807, 2.05) is 0 Å². The molecule has 1 aliphatic heterocycles. The first-order valence-electron chi connectivity index (χ1n) is 7.79. The van der Waals surface area contributed by atoms with Crippen LogP contribution in [0.15, 0.2) is 18.2 Å². The Bertz CT molecular complexity index is 939. The molecule has 0 unspecified atom stereocenters. The molecule has 0 saturated heterocycles. The topological polar surface area (TPSA) is 97.8 Å². The second-order valence-electron chi connectivity index (χ2n) is 5.76. The van der Waals surface area contributed by atoms with Crippen LogP contribution in [0.1, 0.15) is 20.9 Å². The van der Waals surface area contributed by atoms with Gasteiger partial charge in [-0.15, -0.1) is 11.3 Å². The first kappa shape index (κ1) is 18.6. The van der Waals surface area contributed by atoms with E-state index in [9.17, 15) is 13.2 Å². The molecule has 2 aromatic rings. The van der Waals surface area contributed by atoms with E-state index in [4.69, 9.17) is 9.47 Å². The SMILES string of the molecule is COc1ccc(C(=O)Nc2nc3c(s2)CN(S(C)(=O)=O)CC3)c(OC)c1. The van der Waals surface area contributed by atoms with E-state index < -0.39 is 10.0 Å². The van der Waals surface area contributed by atoms with Gasteiger partial charge in [0, 0.05) is 30.5 Å². The zero-order valence-corrected chi connectivity index (χ0v) is 16.2. The number of aromatic nitrogens is 1. The number of thiazole rings is 1. The summed E-state index contributed by atoms with van der Waals surface area (Å²) in [5, 5.41) is 3.20. The summed E-state index contributed by atoms with van der Waals surface area (Å²) in [6.45, 7) is 0.683.